The summed E-state index contributed by atoms with van der Waals surface area (Å²) in [6.45, 7) is 8.31. The zero-order valence-corrected chi connectivity index (χ0v) is 12.3. The Hall–Kier alpha value is -1.52. The molecule has 0 aliphatic carbocycles. The lowest BCUT2D eigenvalue weighted by molar-refractivity contribution is 0.0723. The van der Waals surface area contributed by atoms with Gasteiger partial charge in [-0.25, -0.2) is 4.98 Å². The summed E-state index contributed by atoms with van der Waals surface area (Å²) in [6, 6.07) is 0.235. The maximum atomic E-state index is 12.4. The van der Waals surface area contributed by atoms with Gasteiger partial charge in [0.2, 0.25) is 5.95 Å². The van der Waals surface area contributed by atoms with Crippen LogP contribution in [0.1, 0.15) is 44.1 Å². The summed E-state index contributed by atoms with van der Waals surface area (Å²) in [5.41, 5.74) is 0.544. The number of carbonyl (C=O) groups excluding carboxylic acids is 1. The van der Waals surface area contributed by atoms with Crippen molar-refractivity contribution in [2.45, 2.75) is 46.2 Å². The molecule has 2 heterocycles. The van der Waals surface area contributed by atoms with E-state index >= 15 is 0 Å². The van der Waals surface area contributed by atoms with E-state index in [1.54, 1.807) is 4.90 Å². The fourth-order valence-electron chi connectivity index (χ4n) is 2.50. The smallest absolute Gasteiger partial charge is 0.274 e. The van der Waals surface area contributed by atoms with Gasteiger partial charge in [-0.2, -0.15) is 0 Å². The molecule has 0 radical (unpaired) electrons. The second kappa shape index (κ2) is 5.63. The summed E-state index contributed by atoms with van der Waals surface area (Å²) in [7, 11) is 1.86. The zero-order chi connectivity index (χ0) is 14.0. The van der Waals surface area contributed by atoms with Gasteiger partial charge in [0.25, 0.3) is 5.91 Å². The van der Waals surface area contributed by atoms with Crippen molar-refractivity contribution >= 4 is 11.9 Å². The van der Waals surface area contributed by atoms with E-state index in [0.717, 1.165) is 31.9 Å². The van der Waals surface area contributed by atoms with Crippen molar-refractivity contribution in [3.8, 4) is 0 Å². The third-order valence-electron chi connectivity index (χ3n) is 3.65. The third-order valence-corrected chi connectivity index (χ3v) is 3.65. The number of hydrogen-bond acceptors (Lipinski definition) is 3. The first-order chi connectivity index (χ1) is 8.99. The highest BCUT2D eigenvalue weighted by Gasteiger charge is 2.22. The van der Waals surface area contributed by atoms with E-state index in [4.69, 9.17) is 0 Å². The molecule has 1 aliphatic rings. The molecule has 0 bridgehead atoms. The molecule has 2 rings (SSSR count). The Bertz CT molecular complexity index is 429. The van der Waals surface area contributed by atoms with Gasteiger partial charge in [0.15, 0.2) is 0 Å². The highest BCUT2D eigenvalue weighted by Crippen LogP contribution is 2.17. The molecule has 1 aromatic heterocycles. The molecule has 0 aromatic carbocycles. The molecule has 0 fully saturated rings. The van der Waals surface area contributed by atoms with Crippen molar-refractivity contribution in [3.63, 3.8) is 0 Å². The molecular weight excluding hydrogens is 240 g/mol. The molecule has 1 atom stereocenters. The van der Waals surface area contributed by atoms with Crippen LogP contribution in [-0.4, -0.2) is 40.0 Å². The van der Waals surface area contributed by atoms with E-state index in [1.165, 1.54) is 0 Å². The number of fused-ring (bicyclic) bond motifs is 1. The molecule has 1 aromatic rings. The van der Waals surface area contributed by atoms with E-state index in [1.807, 2.05) is 17.8 Å². The van der Waals surface area contributed by atoms with Gasteiger partial charge >= 0.3 is 0 Å². The zero-order valence-electron chi connectivity index (χ0n) is 12.3. The van der Waals surface area contributed by atoms with E-state index in [9.17, 15) is 4.79 Å². The highest BCUT2D eigenvalue weighted by molar-refractivity contribution is 5.92. The van der Waals surface area contributed by atoms with Crippen LogP contribution in [0.15, 0.2) is 6.20 Å². The summed E-state index contributed by atoms with van der Waals surface area (Å²) < 4.78 is 2.03. The van der Waals surface area contributed by atoms with E-state index in [0.29, 0.717) is 11.6 Å². The largest absolute Gasteiger partial charge is 0.356 e. The number of hydrogen-bond donors (Lipinski definition) is 1. The van der Waals surface area contributed by atoms with Gasteiger partial charge in [-0.1, -0.05) is 13.8 Å². The van der Waals surface area contributed by atoms with E-state index in [2.05, 4.69) is 31.1 Å². The minimum absolute atomic E-state index is 0.0110. The van der Waals surface area contributed by atoms with Crippen molar-refractivity contribution in [1.82, 2.24) is 14.5 Å². The number of imidazole rings is 1. The Morgan fingerprint density at radius 3 is 2.89 bits per heavy atom. The standard InChI is InChI=1S/C14H24N4O/c1-10(2)8-11(3)17(4)13(19)12-9-18-7-5-6-15-14(18)16-12/h9-11H,5-8H2,1-4H3,(H,15,16). The summed E-state index contributed by atoms with van der Waals surface area (Å²) in [6.07, 6.45) is 3.95. The van der Waals surface area contributed by atoms with Gasteiger partial charge in [-0.15, -0.1) is 0 Å². The third kappa shape index (κ3) is 3.08. The summed E-state index contributed by atoms with van der Waals surface area (Å²) >= 11 is 0. The van der Waals surface area contributed by atoms with Gasteiger partial charge in [0.1, 0.15) is 5.69 Å². The van der Waals surface area contributed by atoms with Crippen LogP contribution < -0.4 is 5.32 Å². The first kappa shape index (κ1) is 13.9. The first-order valence-electron chi connectivity index (χ1n) is 7.07. The number of amides is 1. The van der Waals surface area contributed by atoms with Crippen LogP contribution in [0.3, 0.4) is 0 Å². The summed E-state index contributed by atoms with van der Waals surface area (Å²) in [4.78, 5) is 18.6. The molecule has 0 spiro atoms. The van der Waals surface area contributed by atoms with Gasteiger partial charge in [-0.05, 0) is 25.7 Å². The minimum Gasteiger partial charge on any atom is -0.356 e. The van der Waals surface area contributed by atoms with Crippen LogP contribution in [0.5, 0.6) is 0 Å². The number of anilines is 1. The maximum Gasteiger partial charge on any atom is 0.274 e. The number of aromatic nitrogens is 2. The maximum absolute atomic E-state index is 12.4. The molecule has 0 saturated heterocycles. The molecule has 1 N–H and O–H groups in total. The lowest BCUT2D eigenvalue weighted by Crippen LogP contribution is -2.36. The second-order valence-electron chi connectivity index (χ2n) is 5.82. The van der Waals surface area contributed by atoms with Crippen molar-refractivity contribution in [2.75, 3.05) is 18.9 Å². The highest BCUT2D eigenvalue weighted by atomic mass is 16.2. The van der Waals surface area contributed by atoms with E-state index in [-0.39, 0.29) is 11.9 Å². The van der Waals surface area contributed by atoms with Gasteiger partial charge < -0.3 is 14.8 Å². The molecule has 5 nitrogen and oxygen atoms in total. The molecular formula is C14H24N4O. The molecule has 1 aliphatic heterocycles. The number of nitrogens with zero attached hydrogens (tertiary/aromatic N) is 3. The number of carbonyl (C=O) groups is 1. The van der Waals surface area contributed by atoms with Gasteiger partial charge in [-0.3, -0.25) is 4.79 Å². The van der Waals surface area contributed by atoms with Crippen LogP contribution in [-0.2, 0) is 6.54 Å². The Labute approximate surface area is 115 Å². The number of aryl methyl sites for hydroxylation is 1. The lowest BCUT2D eigenvalue weighted by atomic mass is 10.0. The average Bonchev–Trinajstić information content (AvgIpc) is 2.79. The van der Waals surface area contributed by atoms with Crippen LogP contribution in [0.25, 0.3) is 0 Å². The quantitative estimate of drug-likeness (QED) is 0.907. The fraction of sp³-hybridized carbons (Fsp3) is 0.714. The Morgan fingerprint density at radius 2 is 2.26 bits per heavy atom. The summed E-state index contributed by atoms with van der Waals surface area (Å²) in [5, 5.41) is 3.22. The minimum atomic E-state index is 0.0110. The topological polar surface area (TPSA) is 50.2 Å². The van der Waals surface area contributed by atoms with Crippen molar-refractivity contribution in [3.05, 3.63) is 11.9 Å². The number of rotatable bonds is 4. The van der Waals surface area contributed by atoms with Crippen molar-refractivity contribution in [2.24, 2.45) is 5.92 Å². The van der Waals surface area contributed by atoms with Crippen LogP contribution in [0.2, 0.25) is 0 Å². The van der Waals surface area contributed by atoms with E-state index < -0.39 is 0 Å². The van der Waals surface area contributed by atoms with Crippen molar-refractivity contribution < 1.29 is 4.79 Å². The average molecular weight is 264 g/mol. The molecule has 1 unspecified atom stereocenters. The van der Waals surface area contributed by atoms with Gasteiger partial charge in [0.05, 0.1) is 0 Å². The number of nitrogens with one attached hydrogen (secondary N) is 1. The molecule has 19 heavy (non-hydrogen) atoms. The van der Waals surface area contributed by atoms with Gasteiger partial charge in [0, 0.05) is 32.4 Å². The van der Waals surface area contributed by atoms with Crippen molar-refractivity contribution in [1.29, 1.82) is 0 Å². The van der Waals surface area contributed by atoms with Crippen LogP contribution >= 0.6 is 0 Å². The molecule has 5 heteroatoms. The monoisotopic (exact) mass is 264 g/mol. The Balaban J connectivity index is 2.08. The Morgan fingerprint density at radius 1 is 1.53 bits per heavy atom. The Kier molecular flexibility index (Phi) is 4.12. The lowest BCUT2D eigenvalue weighted by Gasteiger charge is -2.25. The molecule has 1 amide bonds. The predicted molar refractivity (Wildman–Crippen MR) is 76.3 cm³/mol. The van der Waals surface area contributed by atoms with Crippen LogP contribution in [0, 0.1) is 5.92 Å². The van der Waals surface area contributed by atoms with Crippen LogP contribution in [0.4, 0.5) is 5.95 Å². The molecule has 106 valence electrons. The first-order valence-corrected chi connectivity index (χ1v) is 7.07. The summed E-state index contributed by atoms with van der Waals surface area (Å²) in [5.74, 6) is 1.42. The second-order valence-corrected chi connectivity index (χ2v) is 5.82. The SMILES string of the molecule is CC(C)CC(C)N(C)C(=O)c1cn2c(n1)NCCC2. The predicted octanol–water partition coefficient (Wildman–Crippen LogP) is 2.21. The molecule has 0 saturated carbocycles. The fourth-order valence-corrected chi connectivity index (χ4v) is 2.50. The normalized spacial score (nSPS) is 15.8.